The van der Waals surface area contributed by atoms with Crippen LogP contribution in [0.2, 0.25) is 0 Å². The third-order valence-electron chi connectivity index (χ3n) is 2.42. The van der Waals surface area contributed by atoms with Gasteiger partial charge in [0.15, 0.2) is 6.10 Å². The van der Waals surface area contributed by atoms with Crippen LogP contribution in [0.4, 0.5) is 13.2 Å². The molecule has 2 rings (SSSR count). The number of rotatable bonds is 0. The van der Waals surface area contributed by atoms with Gasteiger partial charge < -0.3 is 10.5 Å². The first-order valence-electron chi connectivity index (χ1n) is 4.56. The summed E-state index contributed by atoms with van der Waals surface area (Å²) in [6.07, 6.45) is -6.37. The van der Waals surface area contributed by atoms with Gasteiger partial charge in [0.05, 0.1) is 0 Å². The lowest BCUT2D eigenvalue weighted by molar-refractivity contribution is -0.200. The van der Waals surface area contributed by atoms with Crippen molar-refractivity contribution in [2.45, 2.75) is 24.7 Å². The fourth-order valence-corrected chi connectivity index (χ4v) is 1.65. The first kappa shape index (κ1) is 10.3. The quantitative estimate of drug-likeness (QED) is 0.724. The van der Waals surface area contributed by atoms with Gasteiger partial charge in [-0.05, 0) is 6.07 Å². The standard InChI is InChI=1S/C10H10F3NO/c11-10(12,13)9-5-7(14)6-3-1-2-4-8(6)15-9/h1-4,7,9H,5,14H2/t7-,9?/m1/s1. The zero-order valence-electron chi connectivity index (χ0n) is 7.79. The van der Waals surface area contributed by atoms with Crippen molar-refractivity contribution in [2.24, 2.45) is 5.73 Å². The molecular formula is C10H10F3NO. The molecule has 0 radical (unpaired) electrons. The van der Waals surface area contributed by atoms with E-state index in [1.54, 1.807) is 18.2 Å². The zero-order valence-corrected chi connectivity index (χ0v) is 7.79. The molecule has 2 nitrogen and oxygen atoms in total. The van der Waals surface area contributed by atoms with Gasteiger partial charge in [0.1, 0.15) is 5.75 Å². The Bertz CT molecular complexity index is 364. The lowest BCUT2D eigenvalue weighted by atomic mass is 9.97. The summed E-state index contributed by atoms with van der Waals surface area (Å²) >= 11 is 0. The highest BCUT2D eigenvalue weighted by Gasteiger charge is 2.45. The highest BCUT2D eigenvalue weighted by atomic mass is 19.4. The normalized spacial score (nSPS) is 25.6. The highest BCUT2D eigenvalue weighted by Crippen LogP contribution is 2.38. The molecule has 0 aromatic heterocycles. The predicted molar refractivity (Wildman–Crippen MR) is 48.5 cm³/mol. The predicted octanol–water partition coefficient (Wildman–Crippen LogP) is 2.40. The van der Waals surface area contributed by atoms with Gasteiger partial charge in [0.25, 0.3) is 0 Å². The van der Waals surface area contributed by atoms with Crippen molar-refractivity contribution in [3.63, 3.8) is 0 Å². The van der Waals surface area contributed by atoms with Gasteiger partial charge in [0, 0.05) is 18.0 Å². The average molecular weight is 217 g/mol. The van der Waals surface area contributed by atoms with E-state index in [4.69, 9.17) is 10.5 Å². The van der Waals surface area contributed by atoms with Crippen LogP contribution in [0.5, 0.6) is 5.75 Å². The molecule has 0 fully saturated rings. The number of benzene rings is 1. The van der Waals surface area contributed by atoms with E-state index >= 15 is 0 Å². The molecule has 1 aromatic carbocycles. The van der Waals surface area contributed by atoms with Gasteiger partial charge in [-0.15, -0.1) is 0 Å². The van der Waals surface area contributed by atoms with Crippen molar-refractivity contribution in [1.82, 2.24) is 0 Å². The Morgan fingerprint density at radius 2 is 1.93 bits per heavy atom. The number of ether oxygens (including phenoxy) is 1. The fourth-order valence-electron chi connectivity index (χ4n) is 1.65. The molecule has 1 aliphatic heterocycles. The third kappa shape index (κ3) is 1.92. The van der Waals surface area contributed by atoms with Crippen LogP contribution in [0.25, 0.3) is 0 Å². The smallest absolute Gasteiger partial charge is 0.425 e. The van der Waals surface area contributed by atoms with Crippen LogP contribution in [0.15, 0.2) is 24.3 Å². The van der Waals surface area contributed by atoms with E-state index in [2.05, 4.69) is 0 Å². The number of para-hydroxylation sites is 1. The third-order valence-corrected chi connectivity index (χ3v) is 2.42. The summed E-state index contributed by atoms with van der Waals surface area (Å²) in [7, 11) is 0. The van der Waals surface area contributed by atoms with E-state index in [1.165, 1.54) is 6.07 Å². The van der Waals surface area contributed by atoms with Crippen molar-refractivity contribution < 1.29 is 17.9 Å². The van der Waals surface area contributed by atoms with Gasteiger partial charge >= 0.3 is 6.18 Å². The van der Waals surface area contributed by atoms with Gasteiger partial charge in [-0.1, -0.05) is 18.2 Å². The van der Waals surface area contributed by atoms with Gasteiger partial charge in [0.2, 0.25) is 0 Å². The molecule has 2 N–H and O–H groups in total. The Labute approximate surface area is 84.8 Å². The minimum absolute atomic E-state index is 0.222. The minimum atomic E-state index is -4.36. The molecule has 0 saturated carbocycles. The molecule has 1 heterocycles. The summed E-state index contributed by atoms with van der Waals surface area (Å²) in [5, 5.41) is 0. The topological polar surface area (TPSA) is 35.2 Å². The Balaban J connectivity index is 2.30. The second-order valence-corrected chi connectivity index (χ2v) is 3.53. The summed E-state index contributed by atoms with van der Waals surface area (Å²) in [6, 6.07) is 5.95. The van der Waals surface area contributed by atoms with Crippen molar-refractivity contribution in [1.29, 1.82) is 0 Å². The fraction of sp³-hybridized carbons (Fsp3) is 0.400. The van der Waals surface area contributed by atoms with Crippen molar-refractivity contribution in [2.75, 3.05) is 0 Å². The molecular weight excluding hydrogens is 207 g/mol. The van der Waals surface area contributed by atoms with Crippen molar-refractivity contribution >= 4 is 0 Å². The number of hydrogen-bond acceptors (Lipinski definition) is 2. The van der Waals surface area contributed by atoms with E-state index < -0.39 is 18.3 Å². The van der Waals surface area contributed by atoms with Crippen molar-refractivity contribution in [3.8, 4) is 5.75 Å². The first-order valence-corrected chi connectivity index (χ1v) is 4.56. The van der Waals surface area contributed by atoms with Crippen LogP contribution >= 0.6 is 0 Å². The maximum absolute atomic E-state index is 12.4. The number of alkyl halides is 3. The molecule has 0 aliphatic carbocycles. The van der Waals surface area contributed by atoms with Crippen LogP contribution in [-0.2, 0) is 0 Å². The van der Waals surface area contributed by atoms with Gasteiger partial charge in [-0.25, -0.2) is 0 Å². The highest BCUT2D eigenvalue weighted by molar-refractivity contribution is 5.37. The lowest BCUT2D eigenvalue weighted by Crippen LogP contribution is -2.40. The maximum Gasteiger partial charge on any atom is 0.425 e. The molecule has 2 atom stereocenters. The maximum atomic E-state index is 12.4. The average Bonchev–Trinajstić information content (AvgIpc) is 2.16. The summed E-state index contributed by atoms with van der Waals surface area (Å²) < 4.78 is 42.1. The minimum Gasteiger partial charge on any atom is -0.481 e. The summed E-state index contributed by atoms with van der Waals surface area (Å²) in [6.45, 7) is 0. The van der Waals surface area contributed by atoms with Crippen LogP contribution in [0.3, 0.4) is 0 Å². The Morgan fingerprint density at radius 3 is 2.60 bits per heavy atom. The van der Waals surface area contributed by atoms with Crippen molar-refractivity contribution in [3.05, 3.63) is 29.8 Å². The van der Waals surface area contributed by atoms with E-state index in [9.17, 15) is 13.2 Å². The molecule has 1 unspecified atom stereocenters. The van der Waals surface area contributed by atoms with E-state index in [0.29, 0.717) is 5.56 Å². The van der Waals surface area contributed by atoms with Gasteiger partial charge in [-0.3, -0.25) is 0 Å². The second kappa shape index (κ2) is 3.41. The molecule has 5 heteroatoms. The van der Waals surface area contributed by atoms with Crippen LogP contribution in [0, 0.1) is 0 Å². The number of halogens is 3. The first-order chi connectivity index (χ1) is 6.98. The SMILES string of the molecule is N[C@@H]1CC(C(F)(F)F)Oc2ccccc21. The molecule has 82 valence electrons. The van der Waals surface area contributed by atoms with Gasteiger partial charge in [-0.2, -0.15) is 13.2 Å². The van der Waals surface area contributed by atoms with E-state index in [0.717, 1.165) is 0 Å². The van der Waals surface area contributed by atoms with E-state index in [-0.39, 0.29) is 12.2 Å². The van der Waals surface area contributed by atoms with Crippen LogP contribution in [0.1, 0.15) is 18.0 Å². The number of hydrogen-bond donors (Lipinski definition) is 1. The second-order valence-electron chi connectivity index (χ2n) is 3.53. The molecule has 1 aliphatic rings. The largest absolute Gasteiger partial charge is 0.481 e. The summed E-state index contributed by atoms with van der Waals surface area (Å²) in [5.41, 5.74) is 6.29. The molecule has 15 heavy (non-hydrogen) atoms. The Hall–Kier alpha value is -1.23. The molecule has 0 bridgehead atoms. The zero-order chi connectivity index (χ0) is 11.1. The molecule has 0 spiro atoms. The van der Waals surface area contributed by atoms with E-state index in [1.807, 2.05) is 0 Å². The van der Waals surface area contributed by atoms with Crippen LogP contribution < -0.4 is 10.5 Å². The summed E-state index contributed by atoms with van der Waals surface area (Å²) in [5.74, 6) is 0.235. The molecule has 0 amide bonds. The number of fused-ring (bicyclic) bond motifs is 1. The Kier molecular flexibility index (Phi) is 2.34. The number of nitrogens with two attached hydrogens (primary N) is 1. The van der Waals surface area contributed by atoms with Crippen LogP contribution in [-0.4, -0.2) is 12.3 Å². The molecule has 1 aromatic rings. The Morgan fingerprint density at radius 1 is 1.27 bits per heavy atom. The molecule has 0 saturated heterocycles. The lowest BCUT2D eigenvalue weighted by Gasteiger charge is -2.31. The summed E-state index contributed by atoms with van der Waals surface area (Å²) in [4.78, 5) is 0. The monoisotopic (exact) mass is 217 g/mol.